The molecule has 0 fully saturated rings. The minimum atomic E-state index is -4.61. The van der Waals surface area contributed by atoms with Gasteiger partial charge in [0.15, 0.2) is 0 Å². The Balaban J connectivity index is 1.96. The lowest BCUT2D eigenvalue weighted by atomic mass is 10.0. The number of thioether (sulfide) groups is 1. The fraction of sp³-hybridized carbons (Fsp3) is 0.222. The average molecular weight is 412 g/mol. The van der Waals surface area contributed by atoms with E-state index < -0.39 is 12.0 Å². The van der Waals surface area contributed by atoms with Crippen LogP contribution < -0.4 is 4.74 Å². The van der Waals surface area contributed by atoms with Crippen LogP contribution in [0.1, 0.15) is 28.0 Å². The van der Waals surface area contributed by atoms with Crippen LogP contribution in [-0.2, 0) is 11.9 Å². The van der Waals surface area contributed by atoms with E-state index in [0.29, 0.717) is 22.0 Å². The van der Waals surface area contributed by atoms with Crippen molar-refractivity contribution in [3.05, 3.63) is 70.3 Å². The molecule has 0 unspecified atom stereocenters. The highest BCUT2D eigenvalue weighted by Crippen LogP contribution is 2.47. The SMILES string of the molecule is COc1ccccc1[C@H]1SCc2nnc(C(F)(F)F)n2-c2ccc(Cl)cc21. The maximum Gasteiger partial charge on any atom is 0.452 e. The fourth-order valence-electron chi connectivity index (χ4n) is 3.17. The molecule has 1 aliphatic heterocycles. The summed E-state index contributed by atoms with van der Waals surface area (Å²) in [6.45, 7) is 0. The Morgan fingerprint density at radius 2 is 1.93 bits per heavy atom. The summed E-state index contributed by atoms with van der Waals surface area (Å²) in [5, 5.41) is 7.34. The molecule has 0 bridgehead atoms. The van der Waals surface area contributed by atoms with Crippen LogP contribution in [0.3, 0.4) is 0 Å². The molecule has 2 aromatic carbocycles. The van der Waals surface area contributed by atoms with E-state index in [1.165, 1.54) is 11.8 Å². The highest BCUT2D eigenvalue weighted by atomic mass is 35.5. The standard InChI is InChI=1S/C18H13ClF3N3OS/c1-26-14-5-3-2-4-11(14)16-12-8-10(19)6-7-13(12)25-15(9-27-16)23-24-17(25)18(20,21)22/h2-8,16H,9H2,1H3/t16-/m1/s1. The lowest BCUT2D eigenvalue weighted by Crippen LogP contribution is -2.15. The summed E-state index contributed by atoms with van der Waals surface area (Å²) >= 11 is 7.64. The molecule has 4 nitrogen and oxygen atoms in total. The number of ether oxygens (including phenoxy) is 1. The van der Waals surface area contributed by atoms with Crippen molar-refractivity contribution in [2.45, 2.75) is 17.2 Å². The second-order valence-electron chi connectivity index (χ2n) is 5.91. The van der Waals surface area contributed by atoms with Crippen LogP contribution in [-0.4, -0.2) is 21.9 Å². The van der Waals surface area contributed by atoms with Crippen molar-refractivity contribution in [1.29, 1.82) is 0 Å². The van der Waals surface area contributed by atoms with Gasteiger partial charge in [-0.05, 0) is 29.8 Å². The van der Waals surface area contributed by atoms with Crippen molar-refractivity contribution in [1.82, 2.24) is 14.8 Å². The zero-order valence-electron chi connectivity index (χ0n) is 14.0. The van der Waals surface area contributed by atoms with Crippen LogP contribution in [0.4, 0.5) is 13.2 Å². The van der Waals surface area contributed by atoms with E-state index in [1.54, 1.807) is 25.3 Å². The third kappa shape index (κ3) is 3.17. The van der Waals surface area contributed by atoms with Crippen LogP contribution >= 0.6 is 23.4 Å². The third-order valence-corrected chi connectivity index (χ3v) is 5.80. The van der Waals surface area contributed by atoms with Gasteiger partial charge in [-0.1, -0.05) is 29.8 Å². The fourth-order valence-corrected chi connectivity index (χ4v) is 4.60. The average Bonchev–Trinajstić information content (AvgIpc) is 3.00. The predicted octanol–water partition coefficient (Wildman–Crippen LogP) is 5.28. The molecule has 0 aliphatic carbocycles. The first-order valence-corrected chi connectivity index (χ1v) is 9.38. The van der Waals surface area contributed by atoms with Gasteiger partial charge in [-0.2, -0.15) is 13.2 Å². The molecule has 0 radical (unpaired) electrons. The van der Waals surface area contributed by atoms with Gasteiger partial charge in [0.1, 0.15) is 11.6 Å². The summed E-state index contributed by atoms with van der Waals surface area (Å²) in [5.74, 6) is 0.128. The number of rotatable bonds is 2. The number of fused-ring (bicyclic) bond motifs is 3. The summed E-state index contributed by atoms with van der Waals surface area (Å²) in [4.78, 5) is 0. The normalized spacial score (nSPS) is 16.4. The van der Waals surface area contributed by atoms with Crippen LogP contribution in [0, 0.1) is 0 Å². The molecule has 2 heterocycles. The van der Waals surface area contributed by atoms with Crippen molar-refractivity contribution in [2.24, 2.45) is 0 Å². The lowest BCUT2D eigenvalue weighted by Gasteiger charge is -2.21. The van der Waals surface area contributed by atoms with Crippen LogP contribution in [0.15, 0.2) is 42.5 Å². The maximum absolute atomic E-state index is 13.5. The van der Waals surface area contributed by atoms with Gasteiger partial charge in [0, 0.05) is 10.6 Å². The van der Waals surface area contributed by atoms with Gasteiger partial charge in [0.25, 0.3) is 0 Å². The van der Waals surface area contributed by atoms with E-state index >= 15 is 0 Å². The Bertz CT molecular complexity index is 1010. The molecule has 0 spiro atoms. The molecule has 4 rings (SSSR count). The van der Waals surface area contributed by atoms with Gasteiger partial charge in [0.05, 0.1) is 23.8 Å². The van der Waals surface area contributed by atoms with Gasteiger partial charge < -0.3 is 4.74 Å². The van der Waals surface area contributed by atoms with Crippen LogP contribution in [0.2, 0.25) is 5.02 Å². The smallest absolute Gasteiger partial charge is 0.452 e. The summed E-state index contributed by atoms with van der Waals surface area (Å²) in [6, 6.07) is 12.3. The van der Waals surface area contributed by atoms with Crippen LogP contribution in [0.25, 0.3) is 5.69 Å². The molecule has 140 valence electrons. The van der Waals surface area contributed by atoms with Crippen molar-refractivity contribution in [2.75, 3.05) is 7.11 Å². The summed E-state index contributed by atoms with van der Waals surface area (Å²) < 4.78 is 47.0. The van der Waals surface area contributed by atoms with Crippen molar-refractivity contribution < 1.29 is 17.9 Å². The highest BCUT2D eigenvalue weighted by molar-refractivity contribution is 7.99. The summed E-state index contributed by atoms with van der Waals surface area (Å²) in [7, 11) is 1.57. The van der Waals surface area contributed by atoms with E-state index in [-0.39, 0.29) is 16.8 Å². The molecular formula is C18H13ClF3N3OS. The second-order valence-corrected chi connectivity index (χ2v) is 7.44. The quantitative estimate of drug-likeness (QED) is 0.575. The van der Waals surface area contributed by atoms with Gasteiger partial charge in [0.2, 0.25) is 5.82 Å². The molecule has 0 N–H and O–H groups in total. The predicted molar refractivity (Wildman–Crippen MR) is 97.5 cm³/mol. The van der Waals surface area contributed by atoms with Gasteiger partial charge in [-0.3, -0.25) is 4.57 Å². The van der Waals surface area contributed by atoms with E-state index in [4.69, 9.17) is 16.3 Å². The van der Waals surface area contributed by atoms with E-state index in [2.05, 4.69) is 10.2 Å². The molecular weight excluding hydrogens is 399 g/mol. The number of halogens is 4. The Morgan fingerprint density at radius 1 is 1.15 bits per heavy atom. The largest absolute Gasteiger partial charge is 0.496 e. The Labute approximate surface area is 162 Å². The van der Waals surface area contributed by atoms with E-state index in [0.717, 1.165) is 10.1 Å². The minimum Gasteiger partial charge on any atom is -0.496 e. The molecule has 0 saturated heterocycles. The first-order chi connectivity index (χ1) is 12.9. The molecule has 1 aliphatic rings. The van der Waals surface area contributed by atoms with Crippen molar-refractivity contribution in [3.63, 3.8) is 0 Å². The molecule has 0 amide bonds. The van der Waals surface area contributed by atoms with Gasteiger partial charge in [-0.25, -0.2) is 0 Å². The topological polar surface area (TPSA) is 39.9 Å². The van der Waals surface area contributed by atoms with E-state index in [1.807, 2.05) is 24.3 Å². The zero-order chi connectivity index (χ0) is 19.2. The Morgan fingerprint density at radius 3 is 2.67 bits per heavy atom. The van der Waals surface area contributed by atoms with Gasteiger partial charge >= 0.3 is 6.18 Å². The first kappa shape index (κ1) is 18.2. The third-order valence-electron chi connectivity index (χ3n) is 4.30. The number of alkyl halides is 3. The molecule has 27 heavy (non-hydrogen) atoms. The zero-order valence-corrected chi connectivity index (χ0v) is 15.6. The molecule has 0 saturated carbocycles. The number of hydrogen-bond donors (Lipinski definition) is 0. The number of aromatic nitrogens is 3. The lowest BCUT2D eigenvalue weighted by molar-refractivity contribution is -0.146. The Hall–Kier alpha value is -2.19. The maximum atomic E-state index is 13.5. The summed E-state index contributed by atoms with van der Waals surface area (Å²) in [6.07, 6.45) is -4.61. The minimum absolute atomic E-state index is 0.244. The number of nitrogens with zero attached hydrogens (tertiary/aromatic N) is 3. The Kier molecular flexibility index (Phi) is 4.55. The van der Waals surface area contributed by atoms with Crippen molar-refractivity contribution >= 4 is 23.4 Å². The van der Waals surface area contributed by atoms with Crippen LogP contribution in [0.5, 0.6) is 5.75 Å². The molecule has 1 aromatic heterocycles. The summed E-state index contributed by atoms with van der Waals surface area (Å²) in [5.41, 5.74) is 1.88. The second kappa shape index (κ2) is 6.76. The molecule has 1 atom stereocenters. The number of benzene rings is 2. The molecule has 3 aromatic rings. The van der Waals surface area contributed by atoms with Gasteiger partial charge in [-0.15, -0.1) is 22.0 Å². The number of para-hydroxylation sites is 1. The number of hydrogen-bond acceptors (Lipinski definition) is 4. The first-order valence-electron chi connectivity index (χ1n) is 7.96. The molecule has 9 heteroatoms. The monoisotopic (exact) mass is 411 g/mol. The van der Waals surface area contributed by atoms with E-state index in [9.17, 15) is 13.2 Å². The number of methoxy groups -OCH3 is 1. The highest BCUT2D eigenvalue weighted by Gasteiger charge is 2.41. The van der Waals surface area contributed by atoms with Crippen molar-refractivity contribution in [3.8, 4) is 11.4 Å².